The molecule has 2 aromatic rings. The van der Waals surface area contributed by atoms with E-state index in [-0.39, 0.29) is 12.0 Å². The van der Waals surface area contributed by atoms with Gasteiger partial charge in [0, 0.05) is 29.4 Å². The number of amides is 1. The molecule has 0 saturated carbocycles. The third-order valence-electron chi connectivity index (χ3n) is 4.23. The minimum atomic E-state index is -0.0601. The lowest BCUT2D eigenvalue weighted by Gasteiger charge is -2.32. The van der Waals surface area contributed by atoms with Crippen molar-refractivity contribution in [2.75, 3.05) is 13.1 Å². The van der Waals surface area contributed by atoms with Crippen LogP contribution in [0.4, 0.5) is 0 Å². The molecular weight excluding hydrogens is 350 g/mol. The van der Waals surface area contributed by atoms with Crippen LogP contribution >= 0.6 is 11.6 Å². The minimum absolute atomic E-state index is 0.0340. The zero-order valence-corrected chi connectivity index (χ0v) is 15.7. The van der Waals surface area contributed by atoms with Crippen LogP contribution in [0.2, 0.25) is 5.02 Å². The molecule has 0 bridgehead atoms. The summed E-state index contributed by atoms with van der Waals surface area (Å²) in [4.78, 5) is 22.9. The third kappa shape index (κ3) is 4.82. The average molecular weight is 372 g/mol. The fraction of sp³-hybridized carbons (Fsp3) is 0.350. The molecule has 5 nitrogen and oxygen atoms in total. The molecule has 1 fully saturated rings. The van der Waals surface area contributed by atoms with Gasteiger partial charge in [-0.2, -0.15) is 4.98 Å². The molecule has 1 aromatic carbocycles. The van der Waals surface area contributed by atoms with Crippen LogP contribution in [-0.4, -0.2) is 40.0 Å². The quantitative estimate of drug-likeness (QED) is 0.766. The normalized spacial score (nSPS) is 17.5. The highest BCUT2D eigenvalue weighted by Gasteiger charge is 2.24. The van der Waals surface area contributed by atoms with Crippen molar-refractivity contribution in [3.05, 3.63) is 58.5 Å². The Hall–Kier alpha value is -2.40. The maximum atomic E-state index is 12.5. The molecule has 136 valence electrons. The van der Waals surface area contributed by atoms with Crippen LogP contribution in [0.5, 0.6) is 5.88 Å². The summed E-state index contributed by atoms with van der Waals surface area (Å²) in [7, 11) is 0. The first-order chi connectivity index (χ1) is 12.5. The number of hydrogen-bond acceptors (Lipinski definition) is 4. The lowest BCUT2D eigenvalue weighted by Crippen LogP contribution is -2.43. The Kier molecular flexibility index (Phi) is 5.89. The number of likely N-dealkylation sites (tertiary alicyclic amines) is 1. The van der Waals surface area contributed by atoms with Crippen LogP contribution in [0.3, 0.4) is 0 Å². The number of benzene rings is 1. The average Bonchev–Trinajstić information content (AvgIpc) is 2.60. The standard InChI is InChI=1S/C20H22ClN3O2/c1-14-12-19(23-15(2)22-14)26-17-7-5-11-24(13-17)20(25)10-9-16-6-3-4-8-18(16)21/h3-4,6,8-10,12,17H,5,7,11,13H2,1-2H3/b10-9+. The van der Waals surface area contributed by atoms with Crippen LogP contribution in [0.15, 0.2) is 36.4 Å². The second kappa shape index (κ2) is 8.32. The van der Waals surface area contributed by atoms with Gasteiger partial charge in [-0.15, -0.1) is 0 Å². The van der Waals surface area contributed by atoms with Crippen molar-refractivity contribution in [3.63, 3.8) is 0 Å². The number of carbonyl (C=O) groups is 1. The summed E-state index contributed by atoms with van der Waals surface area (Å²) in [5.74, 6) is 1.22. The largest absolute Gasteiger partial charge is 0.472 e. The van der Waals surface area contributed by atoms with Gasteiger partial charge in [0.1, 0.15) is 11.9 Å². The zero-order valence-electron chi connectivity index (χ0n) is 15.0. The van der Waals surface area contributed by atoms with Gasteiger partial charge < -0.3 is 9.64 Å². The molecule has 6 heteroatoms. The molecule has 1 aliphatic heterocycles. The number of nitrogens with zero attached hydrogens (tertiary/aromatic N) is 3. The molecule has 1 unspecified atom stereocenters. The predicted molar refractivity (Wildman–Crippen MR) is 102 cm³/mol. The topological polar surface area (TPSA) is 55.3 Å². The van der Waals surface area contributed by atoms with Crippen molar-refractivity contribution in [2.24, 2.45) is 0 Å². The number of piperidine rings is 1. The van der Waals surface area contributed by atoms with Gasteiger partial charge >= 0.3 is 0 Å². The molecule has 0 N–H and O–H groups in total. The van der Waals surface area contributed by atoms with Gasteiger partial charge in [-0.05, 0) is 44.4 Å². The summed E-state index contributed by atoms with van der Waals surface area (Å²) in [6.45, 7) is 5.04. The van der Waals surface area contributed by atoms with E-state index in [4.69, 9.17) is 16.3 Å². The molecule has 2 heterocycles. The van der Waals surface area contributed by atoms with E-state index in [2.05, 4.69) is 9.97 Å². The monoisotopic (exact) mass is 371 g/mol. The predicted octanol–water partition coefficient (Wildman–Crippen LogP) is 3.83. The van der Waals surface area contributed by atoms with Crippen molar-refractivity contribution in [3.8, 4) is 5.88 Å². The number of carbonyl (C=O) groups excluding carboxylic acids is 1. The molecular formula is C20H22ClN3O2. The number of rotatable bonds is 4. The van der Waals surface area contributed by atoms with E-state index >= 15 is 0 Å². The van der Waals surface area contributed by atoms with Crippen molar-refractivity contribution in [1.29, 1.82) is 0 Å². The van der Waals surface area contributed by atoms with Gasteiger partial charge in [0.15, 0.2) is 0 Å². The van der Waals surface area contributed by atoms with Crippen LogP contribution in [0, 0.1) is 13.8 Å². The second-order valence-electron chi connectivity index (χ2n) is 6.42. The lowest BCUT2D eigenvalue weighted by molar-refractivity contribution is -0.128. The molecule has 1 atom stereocenters. The third-order valence-corrected chi connectivity index (χ3v) is 4.57. The van der Waals surface area contributed by atoms with E-state index in [1.165, 1.54) is 0 Å². The Bertz CT molecular complexity index is 802. The Morgan fingerprint density at radius 1 is 1.31 bits per heavy atom. The van der Waals surface area contributed by atoms with Crippen molar-refractivity contribution < 1.29 is 9.53 Å². The summed E-state index contributed by atoms with van der Waals surface area (Å²) in [6, 6.07) is 9.28. The van der Waals surface area contributed by atoms with Gasteiger partial charge in [0.2, 0.25) is 11.8 Å². The molecule has 26 heavy (non-hydrogen) atoms. The Balaban J connectivity index is 1.62. The highest BCUT2D eigenvalue weighted by atomic mass is 35.5. The van der Waals surface area contributed by atoms with Gasteiger partial charge in [-0.3, -0.25) is 4.79 Å². The number of aryl methyl sites for hydroxylation is 2. The summed E-state index contributed by atoms with van der Waals surface area (Å²) in [5, 5.41) is 0.630. The number of ether oxygens (including phenoxy) is 1. The SMILES string of the molecule is Cc1cc(OC2CCCN(C(=O)/C=C/c3ccccc3Cl)C2)nc(C)n1. The van der Waals surface area contributed by atoms with Crippen molar-refractivity contribution in [2.45, 2.75) is 32.8 Å². The first kappa shape index (κ1) is 18.4. The number of halogens is 1. The van der Waals surface area contributed by atoms with Gasteiger partial charge in [-0.25, -0.2) is 4.98 Å². The first-order valence-electron chi connectivity index (χ1n) is 8.72. The molecule has 0 spiro atoms. The lowest BCUT2D eigenvalue weighted by atomic mass is 10.1. The van der Waals surface area contributed by atoms with E-state index in [0.29, 0.717) is 23.3 Å². The molecule has 1 saturated heterocycles. The van der Waals surface area contributed by atoms with Crippen molar-refractivity contribution >= 4 is 23.6 Å². The number of hydrogen-bond donors (Lipinski definition) is 0. The van der Waals surface area contributed by atoms with E-state index in [0.717, 1.165) is 30.6 Å². The first-order valence-corrected chi connectivity index (χ1v) is 9.09. The fourth-order valence-corrected chi connectivity index (χ4v) is 3.22. The smallest absolute Gasteiger partial charge is 0.246 e. The molecule has 3 rings (SSSR count). The second-order valence-corrected chi connectivity index (χ2v) is 6.82. The van der Waals surface area contributed by atoms with Crippen LogP contribution in [-0.2, 0) is 4.79 Å². The Morgan fingerprint density at radius 3 is 2.88 bits per heavy atom. The van der Waals surface area contributed by atoms with E-state index in [1.54, 1.807) is 12.2 Å². The van der Waals surface area contributed by atoms with Crippen LogP contribution in [0.25, 0.3) is 6.08 Å². The molecule has 1 amide bonds. The summed E-state index contributed by atoms with van der Waals surface area (Å²) in [5.41, 5.74) is 1.71. The Morgan fingerprint density at radius 2 is 2.12 bits per heavy atom. The highest BCUT2D eigenvalue weighted by molar-refractivity contribution is 6.32. The minimum Gasteiger partial charge on any atom is -0.472 e. The summed E-state index contributed by atoms with van der Waals surface area (Å²) < 4.78 is 5.99. The Labute approximate surface area is 158 Å². The van der Waals surface area contributed by atoms with E-state index in [9.17, 15) is 4.79 Å². The van der Waals surface area contributed by atoms with Gasteiger partial charge in [0.25, 0.3) is 0 Å². The maximum absolute atomic E-state index is 12.5. The van der Waals surface area contributed by atoms with E-state index < -0.39 is 0 Å². The molecule has 0 aliphatic carbocycles. The van der Waals surface area contributed by atoms with E-state index in [1.807, 2.05) is 49.1 Å². The summed E-state index contributed by atoms with van der Waals surface area (Å²) in [6.07, 6.45) is 5.07. The van der Waals surface area contributed by atoms with Crippen LogP contribution in [0.1, 0.15) is 29.9 Å². The van der Waals surface area contributed by atoms with Crippen molar-refractivity contribution in [1.82, 2.24) is 14.9 Å². The van der Waals surface area contributed by atoms with Gasteiger partial charge in [0.05, 0.1) is 6.54 Å². The van der Waals surface area contributed by atoms with Crippen LogP contribution < -0.4 is 4.74 Å². The molecule has 1 aromatic heterocycles. The molecule has 1 aliphatic rings. The maximum Gasteiger partial charge on any atom is 0.246 e. The zero-order chi connectivity index (χ0) is 18.5. The summed E-state index contributed by atoms with van der Waals surface area (Å²) >= 11 is 6.12. The molecule has 0 radical (unpaired) electrons. The van der Waals surface area contributed by atoms with Gasteiger partial charge in [-0.1, -0.05) is 29.8 Å². The fourth-order valence-electron chi connectivity index (χ4n) is 3.03. The highest BCUT2D eigenvalue weighted by Crippen LogP contribution is 2.19. The number of aromatic nitrogens is 2.